The molecule has 0 aromatic heterocycles. The lowest BCUT2D eigenvalue weighted by Gasteiger charge is -2.23. The molecule has 6 nitrogen and oxygen atoms in total. The number of methoxy groups -OCH3 is 1. The molecule has 0 aliphatic heterocycles. The minimum absolute atomic E-state index is 0.232. The molecule has 1 saturated carbocycles. The Kier molecular flexibility index (Phi) is 5.63. The highest BCUT2D eigenvalue weighted by atomic mass is 16.5. The largest absolute Gasteiger partial charge is 0.497 e. The third-order valence-corrected chi connectivity index (χ3v) is 3.90. The molecule has 0 saturated heterocycles. The summed E-state index contributed by atoms with van der Waals surface area (Å²) in [5, 5.41) is 2.98. The highest BCUT2D eigenvalue weighted by molar-refractivity contribution is 6.00. The van der Waals surface area contributed by atoms with E-state index >= 15 is 0 Å². The normalized spacial score (nSPS) is 23.2. The van der Waals surface area contributed by atoms with Gasteiger partial charge in [0.05, 0.1) is 13.2 Å². The average molecular weight is 303 g/mol. The SMILES string of the molecule is COc1ccc(N/C(N)=N/C(N)=NC2CCC(C)CC2)cc1. The van der Waals surface area contributed by atoms with E-state index < -0.39 is 0 Å². The Morgan fingerprint density at radius 2 is 1.77 bits per heavy atom. The second kappa shape index (κ2) is 7.68. The van der Waals surface area contributed by atoms with Crippen molar-refractivity contribution >= 4 is 17.6 Å². The molecule has 1 fully saturated rings. The van der Waals surface area contributed by atoms with E-state index in [4.69, 9.17) is 16.2 Å². The predicted octanol–water partition coefficient (Wildman–Crippen LogP) is 2.32. The summed E-state index contributed by atoms with van der Waals surface area (Å²) in [5.41, 5.74) is 12.5. The van der Waals surface area contributed by atoms with E-state index in [1.807, 2.05) is 24.3 Å². The van der Waals surface area contributed by atoms with Crippen LogP contribution in [-0.4, -0.2) is 25.1 Å². The van der Waals surface area contributed by atoms with E-state index in [2.05, 4.69) is 22.2 Å². The van der Waals surface area contributed by atoms with Crippen molar-refractivity contribution in [2.24, 2.45) is 27.4 Å². The zero-order chi connectivity index (χ0) is 15.9. The van der Waals surface area contributed by atoms with Gasteiger partial charge < -0.3 is 21.5 Å². The van der Waals surface area contributed by atoms with Gasteiger partial charge in [-0.2, -0.15) is 4.99 Å². The molecule has 120 valence electrons. The first kappa shape index (κ1) is 16.1. The van der Waals surface area contributed by atoms with Crippen LogP contribution in [0.5, 0.6) is 5.75 Å². The molecule has 0 unspecified atom stereocenters. The van der Waals surface area contributed by atoms with Gasteiger partial charge in [-0.3, -0.25) is 0 Å². The van der Waals surface area contributed by atoms with Crippen LogP contribution in [0.2, 0.25) is 0 Å². The van der Waals surface area contributed by atoms with Crippen molar-refractivity contribution in [1.82, 2.24) is 0 Å². The molecular weight excluding hydrogens is 278 g/mol. The molecule has 1 aliphatic rings. The fourth-order valence-corrected chi connectivity index (χ4v) is 2.56. The molecule has 22 heavy (non-hydrogen) atoms. The molecular formula is C16H25N5O. The van der Waals surface area contributed by atoms with Crippen molar-refractivity contribution in [2.75, 3.05) is 12.4 Å². The summed E-state index contributed by atoms with van der Waals surface area (Å²) in [6, 6.07) is 7.68. The lowest BCUT2D eigenvalue weighted by Crippen LogP contribution is -2.27. The summed E-state index contributed by atoms with van der Waals surface area (Å²) in [7, 11) is 1.63. The van der Waals surface area contributed by atoms with Crippen molar-refractivity contribution in [2.45, 2.75) is 38.6 Å². The van der Waals surface area contributed by atoms with Gasteiger partial charge >= 0.3 is 0 Å². The molecule has 6 heteroatoms. The topological polar surface area (TPSA) is 98.0 Å². The number of hydrogen-bond donors (Lipinski definition) is 3. The molecule has 0 spiro atoms. The maximum absolute atomic E-state index is 5.86. The number of hydrogen-bond acceptors (Lipinski definition) is 2. The Morgan fingerprint density at radius 3 is 2.36 bits per heavy atom. The van der Waals surface area contributed by atoms with Gasteiger partial charge in [0.15, 0.2) is 0 Å². The minimum Gasteiger partial charge on any atom is -0.497 e. The average Bonchev–Trinajstić information content (AvgIpc) is 2.50. The van der Waals surface area contributed by atoms with Gasteiger partial charge in [0.2, 0.25) is 11.9 Å². The molecule has 1 aliphatic carbocycles. The number of nitrogens with two attached hydrogens (primary N) is 2. The molecule has 0 bridgehead atoms. The third-order valence-electron chi connectivity index (χ3n) is 3.90. The lowest BCUT2D eigenvalue weighted by atomic mass is 9.88. The Balaban J connectivity index is 1.92. The molecule has 2 rings (SSSR count). The quantitative estimate of drug-likeness (QED) is 0.589. The Hall–Kier alpha value is -2.24. The Labute approximate surface area is 131 Å². The zero-order valence-electron chi connectivity index (χ0n) is 13.2. The smallest absolute Gasteiger partial charge is 0.218 e. The van der Waals surface area contributed by atoms with Gasteiger partial charge in [-0.25, -0.2) is 4.99 Å². The van der Waals surface area contributed by atoms with Gasteiger partial charge in [-0.15, -0.1) is 0 Å². The minimum atomic E-state index is 0.232. The van der Waals surface area contributed by atoms with Crippen molar-refractivity contribution in [3.05, 3.63) is 24.3 Å². The molecule has 0 atom stereocenters. The van der Waals surface area contributed by atoms with E-state index in [-0.39, 0.29) is 18.0 Å². The maximum Gasteiger partial charge on any atom is 0.218 e. The monoisotopic (exact) mass is 303 g/mol. The second-order valence-corrected chi connectivity index (χ2v) is 5.75. The van der Waals surface area contributed by atoms with Crippen LogP contribution in [0.25, 0.3) is 0 Å². The lowest BCUT2D eigenvalue weighted by molar-refractivity contribution is 0.349. The first-order valence-electron chi connectivity index (χ1n) is 7.65. The molecule has 1 aromatic rings. The van der Waals surface area contributed by atoms with Crippen LogP contribution in [0.4, 0.5) is 5.69 Å². The predicted molar refractivity (Wildman–Crippen MR) is 91.3 cm³/mol. The van der Waals surface area contributed by atoms with Gasteiger partial charge in [-0.1, -0.05) is 6.92 Å². The van der Waals surface area contributed by atoms with E-state index in [1.165, 1.54) is 12.8 Å². The number of rotatable bonds is 3. The van der Waals surface area contributed by atoms with Gasteiger partial charge in [0.1, 0.15) is 5.75 Å². The van der Waals surface area contributed by atoms with Crippen molar-refractivity contribution in [1.29, 1.82) is 0 Å². The van der Waals surface area contributed by atoms with E-state index in [9.17, 15) is 0 Å². The molecule has 1 aromatic carbocycles. The number of nitrogens with zero attached hydrogens (tertiary/aromatic N) is 2. The zero-order valence-corrected chi connectivity index (χ0v) is 13.2. The van der Waals surface area contributed by atoms with E-state index in [1.54, 1.807) is 7.11 Å². The molecule has 5 N–H and O–H groups in total. The van der Waals surface area contributed by atoms with Crippen LogP contribution in [0, 0.1) is 5.92 Å². The van der Waals surface area contributed by atoms with Gasteiger partial charge in [-0.05, 0) is 55.9 Å². The van der Waals surface area contributed by atoms with Crippen LogP contribution in [0.3, 0.4) is 0 Å². The summed E-state index contributed by atoms with van der Waals surface area (Å²) in [4.78, 5) is 8.55. The third kappa shape index (κ3) is 4.95. The summed E-state index contributed by atoms with van der Waals surface area (Å²) in [5.74, 6) is 2.04. The standard InChI is InChI=1S/C16H25N5O/c1-11-3-5-12(6-4-11)19-15(17)21-16(18)20-13-7-9-14(22-2)10-8-13/h7-12H,3-6H2,1-2H3,(H5,17,18,19,20,21). The number of benzene rings is 1. The van der Waals surface area contributed by atoms with E-state index in [0.29, 0.717) is 0 Å². The maximum atomic E-state index is 5.86. The Morgan fingerprint density at radius 1 is 1.14 bits per heavy atom. The summed E-state index contributed by atoms with van der Waals surface area (Å²) in [6.45, 7) is 2.28. The summed E-state index contributed by atoms with van der Waals surface area (Å²) < 4.78 is 5.10. The summed E-state index contributed by atoms with van der Waals surface area (Å²) >= 11 is 0. The van der Waals surface area contributed by atoms with Crippen LogP contribution < -0.4 is 21.5 Å². The fourth-order valence-electron chi connectivity index (χ4n) is 2.56. The van der Waals surface area contributed by atoms with Gasteiger partial charge in [0.25, 0.3) is 0 Å². The van der Waals surface area contributed by atoms with Crippen LogP contribution in [-0.2, 0) is 0 Å². The molecule has 0 heterocycles. The summed E-state index contributed by atoms with van der Waals surface area (Å²) in [6.07, 6.45) is 4.54. The number of nitrogens with one attached hydrogen (secondary N) is 1. The first-order chi connectivity index (χ1) is 10.6. The van der Waals surface area contributed by atoms with Crippen LogP contribution in [0.15, 0.2) is 34.3 Å². The van der Waals surface area contributed by atoms with Crippen molar-refractivity contribution in [3.63, 3.8) is 0 Å². The highest BCUT2D eigenvalue weighted by Gasteiger charge is 2.17. The van der Waals surface area contributed by atoms with E-state index in [0.717, 1.165) is 30.2 Å². The molecule has 0 amide bonds. The van der Waals surface area contributed by atoms with Crippen LogP contribution in [0.1, 0.15) is 32.6 Å². The number of aliphatic imine (C=N–C) groups is 2. The highest BCUT2D eigenvalue weighted by Crippen LogP contribution is 2.25. The fraction of sp³-hybridized carbons (Fsp3) is 0.500. The van der Waals surface area contributed by atoms with Crippen molar-refractivity contribution < 1.29 is 4.74 Å². The molecule has 0 radical (unpaired) electrons. The number of anilines is 1. The second-order valence-electron chi connectivity index (χ2n) is 5.75. The Bertz CT molecular complexity index is 530. The number of ether oxygens (including phenoxy) is 1. The number of guanidine groups is 2. The van der Waals surface area contributed by atoms with Crippen LogP contribution >= 0.6 is 0 Å². The van der Waals surface area contributed by atoms with Crippen molar-refractivity contribution in [3.8, 4) is 5.75 Å². The first-order valence-corrected chi connectivity index (χ1v) is 7.65. The van der Waals surface area contributed by atoms with Gasteiger partial charge in [0, 0.05) is 5.69 Å².